The third kappa shape index (κ3) is 3.15. The first-order valence-electron chi connectivity index (χ1n) is 5.61. The summed E-state index contributed by atoms with van der Waals surface area (Å²) < 4.78 is 13.7. The van der Waals surface area contributed by atoms with Crippen LogP contribution in [0.2, 0.25) is 0 Å². The molecule has 0 radical (unpaired) electrons. The number of nitrogens with one attached hydrogen (secondary N) is 1. The molecule has 1 aromatic rings. The number of hydrogen-bond acceptors (Lipinski definition) is 3. The van der Waals surface area contributed by atoms with Crippen molar-refractivity contribution in [3.05, 3.63) is 23.6 Å². The maximum absolute atomic E-state index is 13.7. The fourth-order valence-corrected chi connectivity index (χ4v) is 1.42. The molecule has 0 spiro atoms. The number of nitrogens with zero attached hydrogens (tertiary/aromatic N) is 1. The molecule has 2 N–H and O–H groups in total. The molecule has 0 fully saturated rings. The number of hydrogen-bond donors (Lipinski definition) is 2. The topological polar surface area (TPSA) is 62.2 Å². The maximum Gasteiger partial charge on any atom is 0.338 e. The van der Waals surface area contributed by atoms with Crippen LogP contribution in [0.4, 0.5) is 10.2 Å². The standard InChI is InChI=1S/C12H17FN2O2/c1-4-7(2)8(3)15-11-10(13)9(12(16)17)5-6-14-11/h5-8H,4H2,1-3H3,(H,14,15)(H,16,17). The molecular formula is C12H17FN2O2. The van der Waals surface area contributed by atoms with Gasteiger partial charge >= 0.3 is 5.97 Å². The zero-order chi connectivity index (χ0) is 13.0. The van der Waals surface area contributed by atoms with Crippen LogP contribution < -0.4 is 5.32 Å². The SMILES string of the molecule is CCC(C)C(C)Nc1nccc(C(=O)O)c1F. The first kappa shape index (κ1) is 13.4. The Bertz CT molecular complexity index is 409. The van der Waals surface area contributed by atoms with Crippen LogP contribution >= 0.6 is 0 Å². The van der Waals surface area contributed by atoms with Gasteiger partial charge in [-0.3, -0.25) is 0 Å². The van der Waals surface area contributed by atoms with Gasteiger partial charge < -0.3 is 10.4 Å². The van der Waals surface area contributed by atoms with Crippen LogP contribution in [-0.4, -0.2) is 22.1 Å². The summed E-state index contributed by atoms with van der Waals surface area (Å²) in [5.74, 6) is -1.75. The molecule has 0 aliphatic heterocycles. The van der Waals surface area contributed by atoms with E-state index in [2.05, 4.69) is 10.3 Å². The van der Waals surface area contributed by atoms with Gasteiger partial charge in [0.25, 0.3) is 0 Å². The predicted molar refractivity (Wildman–Crippen MR) is 63.7 cm³/mol. The second-order valence-corrected chi connectivity index (χ2v) is 4.14. The van der Waals surface area contributed by atoms with Crippen molar-refractivity contribution in [1.29, 1.82) is 0 Å². The molecule has 17 heavy (non-hydrogen) atoms. The Labute approximate surface area is 99.9 Å². The second-order valence-electron chi connectivity index (χ2n) is 4.14. The van der Waals surface area contributed by atoms with E-state index in [0.717, 1.165) is 12.5 Å². The maximum atomic E-state index is 13.7. The molecule has 4 nitrogen and oxygen atoms in total. The first-order chi connectivity index (χ1) is 7.97. The third-order valence-corrected chi connectivity index (χ3v) is 2.98. The van der Waals surface area contributed by atoms with E-state index >= 15 is 0 Å². The summed E-state index contributed by atoms with van der Waals surface area (Å²) in [4.78, 5) is 14.6. The van der Waals surface area contributed by atoms with Crippen molar-refractivity contribution in [3.63, 3.8) is 0 Å². The lowest BCUT2D eigenvalue weighted by molar-refractivity contribution is 0.0692. The van der Waals surface area contributed by atoms with Crippen LogP contribution in [0.5, 0.6) is 0 Å². The summed E-state index contributed by atoms with van der Waals surface area (Å²) in [7, 11) is 0. The van der Waals surface area contributed by atoms with Gasteiger partial charge in [0.15, 0.2) is 11.6 Å². The average molecular weight is 240 g/mol. The Morgan fingerprint density at radius 3 is 2.76 bits per heavy atom. The van der Waals surface area contributed by atoms with Crippen LogP contribution in [0.1, 0.15) is 37.6 Å². The van der Waals surface area contributed by atoms with Crippen LogP contribution in [0.15, 0.2) is 12.3 Å². The van der Waals surface area contributed by atoms with E-state index in [1.54, 1.807) is 0 Å². The lowest BCUT2D eigenvalue weighted by Gasteiger charge is -2.20. The summed E-state index contributed by atoms with van der Waals surface area (Å²) in [6, 6.07) is 1.18. The molecule has 0 aromatic carbocycles. The molecule has 0 amide bonds. The molecule has 1 rings (SSSR count). The number of carbonyl (C=O) groups is 1. The Kier molecular flexibility index (Phi) is 4.43. The van der Waals surface area contributed by atoms with E-state index in [1.165, 1.54) is 6.20 Å². The van der Waals surface area contributed by atoms with Gasteiger partial charge in [-0.1, -0.05) is 20.3 Å². The molecule has 5 heteroatoms. The zero-order valence-corrected chi connectivity index (χ0v) is 10.2. The number of carboxylic acid groups (broad SMARTS) is 1. The Hall–Kier alpha value is -1.65. The highest BCUT2D eigenvalue weighted by atomic mass is 19.1. The summed E-state index contributed by atoms with van der Waals surface area (Å²) in [5, 5.41) is 11.7. The average Bonchev–Trinajstić information content (AvgIpc) is 2.30. The van der Waals surface area contributed by atoms with Crippen molar-refractivity contribution in [3.8, 4) is 0 Å². The molecule has 94 valence electrons. The van der Waals surface area contributed by atoms with Crippen LogP contribution in [0.25, 0.3) is 0 Å². The molecule has 2 unspecified atom stereocenters. The molecule has 0 aliphatic carbocycles. The van der Waals surface area contributed by atoms with Gasteiger partial charge in [-0.25, -0.2) is 14.2 Å². The molecule has 1 heterocycles. The normalized spacial score (nSPS) is 14.1. The summed E-state index contributed by atoms with van der Waals surface area (Å²) in [6.45, 7) is 6.00. The highest BCUT2D eigenvalue weighted by molar-refractivity contribution is 5.88. The van der Waals surface area contributed by atoms with Gasteiger partial charge in [0.1, 0.15) is 5.56 Å². The Balaban J connectivity index is 2.92. The van der Waals surface area contributed by atoms with Crippen LogP contribution in [0, 0.1) is 11.7 Å². The van der Waals surface area contributed by atoms with E-state index in [0.29, 0.717) is 5.92 Å². The lowest BCUT2D eigenvalue weighted by Crippen LogP contribution is -2.24. The largest absolute Gasteiger partial charge is 0.478 e. The van der Waals surface area contributed by atoms with E-state index in [4.69, 9.17) is 5.11 Å². The number of anilines is 1. The molecule has 0 bridgehead atoms. The zero-order valence-electron chi connectivity index (χ0n) is 10.2. The lowest BCUT2D eigenvalue weighted by atomic mass is 10.0. The summed E-state index contributed by atoms with van der Waals surface area (Å²) in [6.07, 6.45) is 2.24. The molecule has 1 aromatic heterocycles. The highest BCUT2D eigenvalue weighted by Crippen LogP contribution is 2.18. The number of aromatic nitrogens is 1. The van der Waals surface area contributed by atoms with Gasteiger partial charge in [-0.2, -0.15) is 0 Å². The van der Waals surface area contributed by atoms with Gasteiger partial charge in [-0.15, -0.1) is 0 Å². The highest BCUT2D eigenvalue weighted by Gasteiger charge is 2.18. The first-order valence-corrected chi connectivity index (χ1v) is 5.61. The molecule has 2 atom stereocenters. The fourth-order valence-electron chi connectivity index (χ4n) is 1.42. The smallest absolute Gasteiger partial charge is 0.338 e. The number of halogens is 1. The molecule has 0 saturated carbocycles. The monoisotopic (exact) mass is 240 g/mol. The number of aromatic carboxylic acids is 1. The van der Waals surface area contributed by atoms with Gasteiger partial charge in [0, 0.05) is 12.2 Å². The number of carboxylic acids is 1. The predicted octanol–water partition coefficient (Wildman–Crippen LogP) is 2.77. The van der Waals surface area contributed by atoms with Gasteiger partial charge in [0.05, 0.1) is 0 Å². The number of rotatable bonds is 5. The minimum atomic E-state index is -1.29. The van der Waals surface area contributed by atoms with Crippen molar-refractivity contribution in [1.82, 2.24) is 4.98 Å². The molecule has 0 saturated heterocycles. The second kappa shape index (κ2) is 5.61. The van der Waals surface area contributed by atoms with Crippen molar-refractivity contribution in [2.24, 2.45) is 5.92 Å². The quantitative estimate of drug-likeness (QED) is 0.830. The Morgan fingerprint density at radius 2 is 2.24 bits per heavy atom. The van der Waals surface area contributed by atoms with E-state index in [-0.39, 0.29) is 17.4 Å². The summed E-state index contributed by atoms with van der Waals surface area (Å²) >= 11 is 0. The third-order valence-electron chi connectivity index (χ3n) is 2.98. The molecular weight excluding hydrogens is 223 g/mol. The van der Waals surface area contributed by atoms with Gasteiger partial charge in [-0.05, 0) is 18.9 Å². The Morgan fingerprint density at radius 1 is 1.59 bits per heavy atom. The minimum absolute atomic E-state index is 0.00213. The van der Waals surface area contributed by atoms with Gasteiger partial charge in [0.2, 0.25) is 0 Å². The van der Waals surface area contributed by atoms with Crippen molar-refractivity contribution < 1.29 is 14.3 Å². The van der Waals surface area contributed by atoms with E-state index in [1.807, 2.05) is 20.8 Å². The molecule has 0 aliphatic rings. The van der Waals surface area contributed by atoms with Crippen molar-refractivity contribution >= 4 is 11.8 Å². The van der Waals surface area contributed by atoms with Crippen LogP contribution in [0.3, 0.4) is 0 Å². The van der Waals surface area contributed by atoms with E-state index < -0.39 is 11.8 Å². The van der Waals surface area contributed by atoms with E-state index in [9.17, 15) is 9.18 Å². The van der Waals surface area contributed by atoms with Crippen LogP contribution in [-0.2, 0) is 0 Å². The summed E-state index contributed by atoms with van der Waals surface area (Å²) in [5.41, 5.74) is -0.362. The fraction of sp³-hybridized carbons (Fsp3) is 0.500. The minimum Gasteiger partial charge on any atom is -0.478 e. The van der Waals surface area contributed by atoms with Crippen molar-refractivity contribution in [2.75, 3.05) is 5.32 Å². The number of pyridine rings is 1. The van der Waals surface area contributed by atoms with Crippen molar-refractivity contribution in [2.45, 2.75) is 33.2 Å².